The van der Waals surface area contributed by atoms with Gasteiger partial charge in [-0.2, -0.15) is 0 Å². The summed E-state index contributed by atoms with van der Waals surface area (Å²) in [5, 5.41) is 16.3. The molecule has 0 rings (SSSR count). The van der Waals surface area contributed by atoms with Crippen LogP contribution in [0, 0.1) is 23.7 Å². The maximum Gasteiger partial charge on any atom is 0.392 e. The van der Waals surface area contributed by atoms with Crippen molar-refractivity contribution in [2.45, 2.75) is 25.7 Å². The number of carboxylic acid groups (broad SMARTS) is 2. The molecular weight excluding hydrogens is 328 g/mol. The van der Waals surface area contributed by atoms with Crippen LogP contribution in [0.25, 0.3) is 0 Å². The molecule has 0 spiro atoms. The first-order valence-electron chi connectivity index (χ1n) is 6.20. The summed E-state index contributed by atoms with van der Waals surface area (Å²) < 4.78 is 8.34. The highest BCUT2D eigenvalue weighted by atomic mass is 16.6. The molecule has 0 aromatic heterocycles. The summed E-state index contributed by atoms with van der Waals surface area (Å²) in [6.45, 7) is 0. The van der Waals surface area contributed by atoms with Crippen LogP contribution in [0.1, 0.15) is 25.7 Å². The summed E-state index contributed by atoms with van der Waals surface area (Å²) in [4.78, 5) is 64.2. The zero-order chi connectivity index (χ0) is 18.5. The van der Waals surface area contributed by atoms with E-state index in [0.717, 1.165) is 0 Å². The van der Waals surface area contributed by atoms with E-state index in [0.29, 0.717) is 0 Å². The first-order valence-corrected chi connectivity index (χ1v) is 6.20. The monoisotopic (exact) mass is 338 g/mol. The third-order valence-electron chi connectivity index (χ3n) is 1.97. The largest absolute Gasteiger partial charge is 0.472 e. The summed E-state index contributed by atoms with van der Waals surface area (Å²) in [5.74, 6) is -1.60. The van der Waals surface area contributed by atoms with Crippen molar-refractivity contribution in [3.8, 4) is 23.7 Å². The van der Waals surface area contributed by atoms with Crippen LogP contribution < -0.4 is 0 Å². The summed E-state index contributed by atoms with van der Waals surface area (Å²) in [6, 6.07) is 0. The van der Waals surface area contributed by atoms with Crippen LogP contribution in [0.2, 0.25) is 0 Å². The van der Waals surface area contributed by atoms with E-state index in [1.807, 2.05) is 0 Å². The molecule has 0 saturated carbocycles. The number of esters is 4. The van der Waals surface area contributed by atoms with E-state index in [4.69, 9.17) is 10.2 Å². The van der Waals surface area contributed by atoms with Gasteiger partial charge in [0.25, 0.3) is 0 Å². The lowest BCUT2D eigenvalue weighted by Crippen LogP contribution is -2.12. The second-order valence-corrected chi connectivity index (χ2v) is 3.84. The summed E-state index contributed by atoms with van der Waals surface area (Å²) >= 11 is 0. The van der Waals surface area contributed by atoms with Crippen molar-refractivity contribution < 1.29 is 48.5 Å². The molecule has 0 radical (unpaired) electrons. The van der Waals surface area contributed by atoms with Gasteiger partial charge in [-0.25, -0.2) is 19.2 Å². The van der Waals surface area contributed by atoms with E-state index in [-0.39, 0.29) is 25.7 Å². The lowest BCUT2D eigenvalue weighted by molar-refractivity contribution is -0.158. The number of ether oxygens (including phenoxy) is 2. The minimum absolute atomic E-state index is 0.114. The van der Waals surface area contributed by atoms with E-state index in [1.165, 1.54) is 11.8 Å². The van der Waals surface area contributed by atoms with Crippen LogP contribution >= 0.6 is 0 Å². The topological polar surface area (TPSA) is 161 Å². The fourth-order valence-electron chi connectivity index (χ4n) is 1.11. The van der Waals surface area contributed by atoms with Gasteiger partial charge >= 0.3 is 35.8 Å². The summed E-state index contributed by atoms with van der Waals surface area (Å²) in [7, 11) is 0. The van der Waals surface area contributed by atoms with E-state index in [2.05, 4.69) is 9.47 Å². The van der Waals surface area contributed by atoms with Gasteiger partial charge in [-0.3, -0.25) is 9.59 Å². The second kappa shape index (κ2) is 11.0. The van der Waals surface area contributed by atoms with Crippen LogP contribution in [0.4, 0.5) is 0 Å². The SMILES string of the molecule is O=C(O)C#CC(=O)OC(=O)CCCCC(=O)OC(=O)C#CC(=O)O. The average Bonchev–Trinajstić information content (AvgIpc) is 2.47. The highest BCUT2D eigenvalue weighted by molar-refractivity contribution is 6.02. The van der Waals surface area contributed by atoms with E-state index in [9.17, 15) is 28.8 Å². The molecule has 0 amide bonds. The van der Waals surface area contributed by atoms with Crippen LogP contribution in [0.15, 0.2) is 0 Å². The molecule has 24 heavy (non-hydrogen) atoms. The number of unbranched alkanes of at least 4 members (excludes halogenated alkanes) is 1. The van der Waals surface area contributed by atoms with Crippen molar-refractivity contribution >= 4 is 35.8 Å². The van der Waals surface area contributed by atoms with Gasteiger partial charge < -0.3 is 19.7 Å². The Labute approximate surface area is 134 Å². The Kier molecular flexibility index (Phi) is 9.31. The van der Waals surface area contributed by atoms with Crippen molar-refractivity contribution in [1.82, 2.24) is 0 Å². The van der Waals surface area contributed by atoms with Gasteiger partial charge in [0.05, 0.1) is 0 Å². The molecule has 10 heteroatoms. The average molecular weight is 338 g/mol. The zero-order valence-electron chi connectivity index (χ0n) is 12.0. The third-order valence-corrected chi connectivity index (χ3v) is 1.97. The molecule has 0 aromatic carbocycles. The first-order chi connectivity index (χ1) is 11.2. The van der Waals surface area contributed by atoms with Gasteiger partial charge in [0.1, 0.15) is 0 Å². The third kappa shape index (κ3) is 12.1. The molecule has 0 aliphatic rings. The molecule has 0 fully saturated rings. The fourth-order valence-corrected chi connectivity index (χ4v) is 1.11. The number of hydrogen-bond acceptors (Lipinski definition) is 8. The summed E-state index contributed by atoms with van der Waals surface area (Å²) in [6.07, 6.45) is -0.272. The maximum absolute atomic E-state index is 11.2. The molecule has 0 saturated heterocycles. The minimum Gasteiger partial charge on any atom is -0.472 e. The number of carbonyl (C=O) groups excluding carboxylic acids is 4. The smallest absolute Gasteiger partial charge is 0.392 e. The van der Waals surface area contributed by atoms with Crippen molar-refractivity contribution in [3.05, 3.63) is 0 Å². The molecule has 0 atom stereocenters. The molecule has 0 aromatic rings. The van der Waals surface area contributed by atoms with Crippen LogP contribution in [-0.4, -0.2) is 46.0 Å². The molecular formula is C14H10O10. The maximum atomic E-state index is 11.2. The van der Waals surface area contributed by atoms with Crippen molar-refractivity contribution in [2.24, 2.45) is 0 Å². The zero-order valence-corrected chi connectivity index (χ0v) is 12.0. The molecule has 2 N–H and O–H groups in total. The Hall–Kier alpha value is -3.66. The lowest BCUT2D eigenvalue weighted by atomic mass is 10.2. The Morgan fingerprint density at radius 3 is 1.25 bits per heavy atom. The molecule has 10 nitrogen and oxygen atoms in total. The molecule has 0 unspecified atom stereocenters. The molecule has 126 valence electrons. The molecule has 0 bridgehead atoms. The normalized spacial score (nSPS) is 8.50. The van der Waals surface area contributed by atoms with Crippen molar-refractivity contribution in [2.75, 3.05) is 0 Å². The Bertz CT molecular complexity index is 620. The number of aliphatic carboxylic acids is 2. The van der Waals surface area contributed by atoms with Crippen molar-refractivity contribution in [1.29, 1.82) is 0 Å². The second-order valence-electron chi connectivity index (χ2n) is 3.84. The number of carboxylic acids is 2. The highest BCUT2D eigenvalue weighted by Crippen LogP contribution is 2.03. The van der Waals surface area contributed by atoms with Gasteiger partial charge in [0.15, 0.2) is 0 Å². The summed E-state index contributed by atoms with van der Waals surface area (Å²) in [5.41, 5.74) is 0. The van der Waals surface area contributed by atoms with Crippen LogP contribution in [-0.2, 0) is 38.2 Å². The van der Waals surface area contributed by atoms with E-state index >= 15 is 0 Å². The Morgan fingerprint density at radius 2 is 0.958 bits per heavy atom. The number of carbonyl (C=O) groups is 6. The van der Waals surface area contributed by atoms with Gasteiger partial charge in [0, 0.05) is 36.5 Å². The fraction of sp³-hybridized carbons (Fsp3) is 0.286. The molecule has 0 aliphatic carbocycles. The van der Waals surface area contributed by atoms with E-state index in [1.54, 1.807) is 11.8 Å². The molecule has 0 heterocycles. The number of hydrogen-bond donors (Lipinski definition) is 2. The van der Waals surface area contributed by atoms with Crippen LogP contribution in [0.5, 0.6) is 0 Å². The van der Waals surface area contributed by atoms with Gasteiger partial charge in [0.2, 0.25) is 0 Å². The predicted octanol–water partition coefficient (Wildman–Crippen LogP) is -1.14. The predicted molar refractivity (Wildman–Crippen MR) is 71.5 cm³/mol. The van der Waals surface area contributed by atoms with E-state index < -0.39 is 35.8 Å². The minimum atomic E-state index is -1.56. The van der Waals surface area contributed by atoms with Gasteiger partial charge in [-0.05, 0) is 12.8 Å². The quantitative estimate of drug-likeness (QED) is 0.206. The standard InChI is InChI=1S/C14H10O10/c15-9(16)5-7-13(21)23-11(19)3-1-2-4-12(20)24-14(22)8-6-10(17)18/h1-4H2,(H,15,16)(H,17,18). The first kappa shape index (κ1) is 20.3. The highest BCUT2D eigenvalue weighted by Gasteiger charge is 2.11. The van der Waals surface area contributed by atoms with Gasteiger partial charge in [-0.15, -0.1) is 0 Å². The van der Waals surface area contributed by atoms with Crippen LogP contribution in [0.3, 0.4) is 0 Å². The lowest BCUT2D eigenvalue weighted by Gasteiger charge is -2.00. The van der Waals surface area contributed by atoms with Crippen molar-refractivity contribution in [3.63, 3.8) is 0 Å². The molecule has 0 aliphatic heterocycles. The Morgan fingerprint density at radius 1 is 0.625 bits per heavy atom. The Balaban J connectivity index is 3.98. The van der Waals surface area contributed by atoms with Gasteiger partial charge in [-0.1, -0.05) is 0 Å². The number of rotatable bonds is 5.